The average Bonchev–Trinajstić information content (AvgIpc) is 2.86. The molecule has 0 aliphatic heterocycles. The summed E-state index contributed by atoms with van der Waals surface area (Å²) in [6, 6.07) is 10.9. The van der Waals surface area contributed by atoms with Gasteiger partial charge in [0, 0.05) is 4.88 Å². The fraction of sp³-hybridized carbons (Fsp3) is 0.231. The van der Waals surface area contributed by atoms with Crippen molar-refractivity contribution in [2.45, 2.75) is 17.9 Å². The molecule has 0 aliphatic carbocycles. The lowest BCUT2D eigenvalue weighted by molar-refractivity contribution is 0.588. The Hall–Kier alpha value is -0.890. The minimum Gasteiger partial charge on any atom is -0.377 e. The van der Waals surface area contributed by atoms with Gasteiger partial charge in [0.2, 0.25) is 10.0 Å². The molecule has 1 aromatic carbocycles. The third kappa shape index (κ3) is 3.41. The Morgan fingerprint density at radius 3 is 2.50 bits per heavy atom. The van der Waals surface area contributed by atoms with Crippen LogP contribution in [0.15, 0.2) is 45.1 Å². The van der Waals surface area contributed by atoms with Crippen molar-refractivity contribution in [3.05, 3.63) is 45.1 Å². The van der Waals surface area contributed by atoms with Gasteiger partial charge in [-0.05, 0) is 54.2 Å². The van der Waals surface area contributed by atoms with Crippen molar-refractivity contribution in [1.29, 1.82) is 0 Å². The second kappa shape index (κ2) is 6.26. The van der Waals surface area contributed by atoms with Crippen molar-refractivity contribution < 1.29 is 8.42 Å². The SMILES string of the molecule is CNS(=O)(=O)c1ccccc1NC(C)c1ccc(Br)s1. The summed E-state index contributed by atoms with van der Waals surface area (Å²) in [4.78, 5) is 1.39. The van der Waals surface area contributed by atoms with E-state index in [4.69, 9.17) is 0 Å². The highest BCUT2D eigenvalue weighted by Gasteiger charge is 2.18. The molecule has 2 N–H and O–H groups in total. The Balaban J connectivity index is 2.30. The Kier molecular flexibility index (Phi) is 4.85. The van der Waals surface area contributed by atoms with Gasteiger partial charge in [-0.15, -0.1) is 11.3 Å². The number of hydrogen-bond donors (Lipinski definition) is 2. The number of anilines is 1. The molecule has 20 heavy (non-hydrogen) atoms. The first-order valence-electron chi connectivity index (χ1n) is 5.98. The van der Waals surface area contributed by atoms with Crippen molar-refractivity contribution in [2.75, 3.05) is 12.4 Å². The fourth-order valence-electron chi connectivity index (χ4n) is 1.80. The van der Waals surface area contributed by atoms with Crippen LogP contribution in [-0.4, -0.2) is 15.5 Å². The zero-order valence-corrected chi connectivity index (χ0v) is 14.3. The number of nitrogens with one attached hydrogen (secondary N) is 2. The molecule has 0 aliphatic rings. The Morgan fingerprint density at radius 1 is 1.20 bits per heavy atom. The topological polar surface area (TPSA) is 58.2 Å². The molecule has 0 fully saturated rings. The number of para-hydroxylation sites is 1. The first-order chi connectivity index (χ1) is 9.44. The number of hydrogen-bond acceptors (Lipinski definition) is 4. The molecule has 0 bridgehead atoms. The van der Waals surface area contributed by atoms with Gasteiger partial charge in [-0.1, -0.05) is 12.1 Å². The largest absolute Gasteiger partial charge is 0.377 e. The Labute approximate surface area is 131 Å². The van der Waals surface area contributed by atoms with Gasteiger partial charge >= 0.3 is 0 Å². The third-order valence-electron chi connectivity index (χ3n) is 2.84. The van der Waals surface area contributed by atoms with Crippen molar-refractivity contribution in [3.63, 3.8) is 0 Å². The van der Waals surface area contributed by atoms with E-state index in [1.807, 2.05) is 25.1 Å². The molecule has 0 radical (unpaired) electrons. The molecule has 1 heterocycles. The summed E-state index contributed by atoms with van der Waals surface area (Å²) in [6.07, 6.45) is 0. The normalized spacial score (nSPS) is 13.2. The van der Waals surface area contributed by atoms with Crippen LogP contribution in [0.1, 0.15) is 17.8 Å². The quantitative estimate of drug-likeness (QED) is 0.840. The number of rotatable bonds is 5. The molecule has 0 saturated heterocycles. The highest BCUT2D eigenvalue weighted by atomic mass is 79.9. The number of benzene rings is 1. The van der Waals surface area contributed by atoms with Crippen molar-refractivity contribution in [1.82, 2.24) is 4.72 Å². The maximum Gasteiger partial charge on any atom is 0.242 e. The Bertz CT molecular complexity index is 698. The molecule has 4 nitrogen and oxygen atoms in total. The molecule has 7 heteroatoms. The minimum absolute atomic E-state index is 0.0273. The van der Waals surface area contributed by atoms with E-state index in [0.29, 0.717) is 5.69 Å². The lowest BCUT2D eigenvalue weighted by Crippen LogP contribution is -2.20. The first kappa shape index (κ1) is 15.5. The molecule has 0 spiro atoms. The van der Waals surface area contributed by atoms with E-state index < -0.39 is 10.0 Å². The van der Waals surface area contributed by atoms with Gasteiger partial charge in [-0.25, -0.2) is 13.1 Å². The van der Waals surface area contributed by atoms with Crippen LogP contribution in [0.2, 0.25) is 0 Å². The van der Waals surface area contributed by atoms with E-state index in [0.717, 1.165) is 8.66 Å². The lowest BCUT2D eigenvalue weighted by atomic mass is 10.2. The van der Waals surface area contributed by atoms with E-state index in [2.05, 4.69) is 26.0 Å². The highest BCUT2D eigenvalue weighted by molar-refractivity contribution is 9.11. The summed E-state index contributed by atoms with van der Waals surface area (Å²) in [7, 11) is -2.06. The molecule has 1 aromatic heterocycles. The number of sulfonamides is 1. The molecule has 2 aromatic rings. The Morgan fingerprint density at radius 2 is 1.90 bits per heavy atom. The summed E-state index contributed by atoms with van der Waals surface area (Å²) >= 11 is 5.05. The predicted molar refractivity (Wildman–Crippen MR) is 86.7 cm³/mol. The molecule has 1 atom stereocenters. The molecule has 0 amide bonds. The van der Waals surface area contributed by atoms with Crippen LogP contribution in [0.25, 0.3) is 0 Å². The van der Waals surface area contributed by atoms with Gasteiger partial charge in [-0.3, -0.25) is 0 Å². The smallest absolute Gasteiger partial charge is 0.242 e. The van der Waals surface area contributed by atoms with Gasteiger partial charge in [-0.2, -0.15) is 0 Å². The molecule has 1 unspecified atom stereocenters. The van der Waals surface area contributed by atoms with Crippen LogP contribution in [0.5, 0.6) is 0 Å². The number of halogens is 1. The van der Waals surface area contributed by atoms with Crippen LogP contribution < -0.4 is 10.0 Å². The zero-order valence-electron chi connectivity index (χ0n) is 11.1. The van der Waals surface area contributed by atoms with Crippen LogP contribution in [0.4, 0.5) is 5.69 Å². The average molecular weight is 375 g/mol. The second-order valence-corrected chi connectivity index (χ2v) is 8.56. The van der Waals surface area contributed by atoms with Gasteiger partial charge in [0.1, 0.15) is 4.90 Å². The first-order valence-corrected chi connectivity index (χ1v) is 9.07. The van der Waals surface area contributed by atoms with Crippen molar-refractivity contribution in [3.8, 4) is 0 Å². The van der Waals surface area contributed by atoms with E-state index in [9.17, 15) is 8.42 Å². The maximum atomic E-state index is 12.0. The standard InChI is InChI=1S/C13H15BrN2O2S2/c1-9(11-7-8-13(14)19-11)16-10-5-3-4-6-12(10)20(17,18)15-2/h3-9,15-16H,1-2H3. The highest BCUT2D eigenvalue weighted by Crippen LogP contribution is 2.31. The van der Waals surface area contributed by atoms with E-state index in [1.54, 1.807) is 29.5 Å². The zero-order chi connectivity index (χ0) is 14.8. The molecular formula is C13H15BrN2O2S2. The summed E-state index contributed by atoms with van der Waals surface area (Å²) in [5.74, 6) is 0. The molecular weight excluding hydrogens is 360 g/mol. The van der Waals surface area contributed by atoms with Gasteiger partial charge in [0.25, 0.3) is 0 Å². The maximum absolute atomic E-state index is 12.0. The van der Waals surface area contributed by atoms with Crippen molar-refractivity contribution in [2.24, 2.45) is 0 Å². The monoisotopic (exact) mass is 374 g/mol. The second-order valence-electron chi connectivity index (χ2n) is 4.21. The summed E-state index contributed by atoms with van der Waals surface area (Å²) in [6.45, 7) is 2.00. The third-order valence-corrected chi connectivity index (χ3v) is 6.12. The van der Waals surface area contributed by atoms with Crippen molar-refractivity contribution >= 4 is 43.0 Å². The molecule has 2 rings (SSSR count). The summed E-state index contributed by atoms with van der Waals surface area (Å²) in [5, 5.41) is 3.25. The van der Waals surface area contributed by atoms with Crippen LogP contribution in [-0.2, 0) is 10.0 Å². The summed E-state index contributed by atoms with van der Waals surface area (Å²) < 4.78 is 27.4. The van der Waals surface area contributed by atoms with Gasteiger partial charge in [0.15, 0.2) is 0 Å². The van der Waals surface area contributed by atoms with Crippen LogP contribution in [0.3, 0.4) is 0 Å². The predicted octanol–water partition coefficient (Wildman–Crippen LogP) is 3.59. The van der Waals surface area contributed by atoms with Crippen LogP contribution >= 0.6 is 27.3 Å². The van der Waals surface area contributed by atoms with E-state index in [1.165, 1.54) is 7.05 Å². The van der Waals surface area contributed by atoms with Crippen LogP contribution in [0, 0.1) is 0 Å². The molecule has 108 valence electrons. The molecule has 0 saturated carbocycles. The van der Waals surface area contributed by atoms with Gasteiger partial charge in [0.05, 0.1) is 15.5 Å². The minimum atomic E-state index is -3.47. The fourth-order valence-corrected chi connectivity index (χ4v) is 4.12. The van der Waals surface area contributed by atoms with Gasteiger partial charge < -0.3 is 5.32 Å². The van der Waals surface area contributed by atoms with E-state index in [-0.39, 0.29) is 10.9 Å². The number of thiophene rings is 1. The summed E-state index contributed by atoms with van der Waals surface area (Å²) in [5.41, 5.74) is 0.596. The lowest BCUT2D eigenvalue weighted by Gasteiger charge is -2.16. The van der Waals surface area contributed by atoms with E-state index >= 15 is 0 Å².